The zero-order valence-electron chi connectivity index (χ0n) is 15.1. The van der Waals surface area contributed by atoms with Crippen LogP contribution < -0.4 is 15.8 Å². The fourth-order valence-corrected chi connectivity index (χ4v) is 2.63. The Morgan fingerprint density at radius 3 is 2.08 bits per heavy atom. The molecule has 0 aliphatic heterocycles. The van der Waals surface area contributed by atoms with E-state index in [0.717, 1.165) is 21.6 Å². The normalized spacial score (nSPS) is 13.2. The molecule has 2 aromatic rings. The van der Waals surface area contributed by atoms with Gasteiger partial charge in [0.2, 0.25) is 5.91 Å². The maximum atomic E-state index is 12.3. The van der Waals surface area contributed by atoms with Gasteiger partial charge in [0.1, 0.15) is 0 Å². The third-order valence-electron chi connectivity index (χ3n) is 3.85. The number of amides is 2. The fraction of sp³-hybridized carbons (Fsp3) is 0.136. The van der Waals surface area contributed by atoms with Gasteiger partial charge in [-0.25, -0.2) is 0 Å². The van der Waals surface area contributed by atoms with Crippen LogP contribution in [0.5, 0.6) is 0 Å². The predicted molar refractivity (Wildman–Crippen MR) is 102 cm³/mol. The number of carbonyl (C=O) groups is 3. The molecule has 0 heterocycles. The summed E-state index contributed by atoms with van der Waals surface area (Å²) >= 11 is 0. The number of imide groups is 1. The van der Waals surface area contributed by atoms with E-state index in [1.807, 2.05) is 67.6 Å². The molecule has 2 amide bonds. The third kappa shape index (κ3) is 4.63. The summed E-state index contributed by atoms with van der Waals surface area (Å²) in [6.07, 6.45) is 3.52. The summed E-state index contributed by atoms with van der Waals surface area (Å²) in [5, 5.41) is 4.06. The Morgan fingerprint density at radius 2 is 1.50 bits per heavy atom. The van der Waals surface area contributed by atoms with E-state index < -0.39 is 17.6 Å². The van der Waals surface area contributed by atoms with Gasteiger partial charge in [-0.1, -0.05) is 60.7 Å². The quantitative estimate of drug-likeness (QED) is 0.522. The van der Waals surface area contributed by atoms with Gasteiger partial charge in [-0.3, -0.25) is 19.7 Å². The average molecular weight is 347 g/mol. The number of ketones is 1. The van der Waals surface area contributed by atoms with E-state index in [2.05, 4.69) is 5.32 Å². The first-order valence-corrected chi connectivity index (χ1v) is 8.29. The Kier molecular flexibility index (Phi) is 6.39. The van der Waals surface area contributed by atoms with E-state index in [0.29, 0.717) is 0 Å². The molecule has 0 saturated carbocycles. The number of hydrogen-bond acceptors (Lipinski definition) is 3. The number of nitrogens with one attached hydrogen (secondary N) is 1. The molecule has 0 fully saturated rings. The Bertz CT molecular complexity index is 986. The molecule has 0 aliphatic carbocycles. The first-order chi connectivity index (χ1) is 12.4. The average Bonchev–Trinajstić information content (AvgIpc) is 2.62. The van der Waals surface area contributed by atoms with Crippen LogP contribution in [-0.4, -0.2) is 17.6 Å². The smallest absolute Gasteiger partial charge is 0.261 e. The molecule has 2 aromatic carbocycles. The number of rotatable bonds is 4. The van der Waals surface area contributed by atoms with E-state index in [-0.39, 0.29) is 5.57 Å². The monoisotopic (exact) mass is 347 g/mol. The number of allylic oxidation sites excluding steroid dienone is 1. The molecular formula is C22H21NO3. The minimum absolute atomic E-state index is 0.0649. The molecule has 4 heteroatoms. The molecule has 26 heavy (non-hydrogen) atoms. The third-order valence-corrected chi connectivity index (χ3v) is 3.85. The van der Waals surface area contributed by atoms with Crippen LogP contribution in [-0.2, 0) is 14.4 Å². The Balaban J connectivity index is 2.83. The van der Waals surface area contributed by atoms with Gasteiger partial charge in [0, 0.05) is 6.92 Å². The van der Waals surface area contributed by atoms with Gasteiger partial charge in [-0.05, 0) is 41.5 Å². The maximum absolute atomic E-state index is 12.3. The number of benzene rings is 2. The van der Waals surface area contributed by atoms with Crippen molar-refractivity contribution in [2.45, 2.75) is 20.8 Å². The zero-order valence-corrected chi connectivity index (χ0v) is 15.1. The van der Waals surface area contributed by atoms with Crippen LogP contribution in [0.25, 0.3) is 11.6 Å². The Hall–Kier alpha value is -3.27. The van der Waals surface area contributed by atoms with Gasteiger partial charge in [0.15, 0.2) is 5.78 Å². The topological polar surface area (TPSA) is 63.2 Å². The van der Waals surface area contributed by atoms with E-state index >= 15 is 0 Å². The number of hydrogen-bond donors (Lipinski definition) is 1. The van der Waals surface area contributed by atoms with Crippen LogP contribution in [0.1, 0.15) is 26.3 Å². The summed E-state index contributed by atoms with van der Waals surface area (Å²) in [4.78, 5) is 35.6. The summed E-state index contributed by atoms with van der Waals surface area (Å²) in [5.41, 5.74) is 1.55. The molecule has 132 valence electrons. The summed E-state index contributed by atoms with van der Waals surface area (Å²) in [6.45, 7) is 4.48. The SMILES string of the molecule is C/C=c1/cccc/c1=C(\C=C(/C(C)=O)C(=O)NC(C)=O)c1ccccc1. The lowest BCUT2D eigenvalue weighted by Crippen LogP contribution is -2.32. The lowest BCUT2D eigenvalue weighted by molar-refractivity contribution is -0.128. The number of carbonyl (C=O) groups excluding carboxylic acids is 3. The second kappa shape index (κ2) is 8.72. The van der Waals surface area contributed by atoms with Crippen LogP contribution in [0.3, 0.4) is 0 Å². The van der Waals surface area contributed by atoms with Crippen molar-refractivity contribution in [1.29, 1.82) is 0 Å². The lowest BCUT2D eigenvalue weighted by atomic mass is 9.97. The van der Waals surface area contributed by atoms with Crippen molar-refractivity contribution in [3.05, 3.63) is 82.2 Å². The fourth-order valence-electron chi connectivity index (χ4n) is 2.63. The minimum Gasteiger partial charge on any atom is -0.294 e. The van der Waals surface area contributed by atoms with Crippen molar-refractivity contribution < 1.29 is 14.4 Å². The van der Waals surface area contributed by atoms with Crippen molar-refractivity contribution in [3.63, 3.8) is 0 Å². The van der Waals surface area contributed by atoms with Gasteiger partial charge in [0.05, 0.1) is 5.57 Å². The molecule has 0 atom stereocenters. The second-order valence-electron chi connectivity index (χ2n) is 5.78. The maximum Gasteiger partial charge on any atom is 0.261 e. The molecule has 4 nitrogen and oxygen atoms in total. The molecule has 0 radical (unpaired) electrons. The summed E-state index contributed by atoms with van der Waals surface area (Å²) in [7, 11) is 0. The molecule has 0 spiro atoms. The van der Waals surface area contributed by atoms with Gasteiger partial charge in [0.25, 0.3) is 5.91 Å². The largest absolute Gasteiger partial charge is 0.294 e. The van der Waals surface area contributed by atoms with E-state index in [1.54, 1.807) is 6.08 Å². The summed E-state index contributed by atoms with van der Waals surface area (Å²) in [6, 6.07) is 17.3. The Labute approximate surface area is 152 Å². The lowest BCUT2D eigenvalue weighted by Gasteiger charge is -2.08. The highest BCUT2D eigenvalue weighted by Gasteiger charge is 2.17. The van der Waals surface area contributed by atoms with Crippen LogP contribution in [0.4, 0.5) is 0 Å². The van der Waals surface area contributed by atoms with Crippen LogP contribution >= 0.6 is 0 Å². The molecular weight excluding hydrogens is 326 g/mol. The number of Topliss-reactive ketones (excluding diaryl/α,β-unsaturated/α-hetero) is 1. The van der Waals surface area contributed by atoms with Crippen LogP contribution in [0, 0.1) is 0 Å². The van der Waals surface area contributed by atoms with Crippen molar-refractivity contribution >= 4 is 29.2 Å². The van der Waals surface area contributed by atoms with Crippen LogP contribution in [0.2, 0.25) is 0 Å². The van der Waals surface area contributed by atoms with Crippen molar-refractivity contribution in [2.24, 2.45) is 0 Å². The molecule has 0 saturated heterocycles. The summed E-state index contributed by atoms with van der Waals surface area (Å²) in [5.74, 6) is -1.61. The highest BCUT2D eigenvalue weighted by atomic mass is 16.2. The first kappa shape index (κ1) is 19.1. The van der Waals surface area contributed by atoms with E-state index in [9.17, 15) is 14.4 Å². The summed E-state index contributed by atoms with van der Waals surface area (Å²) < 4.78 is 0. The molecule has 0 aliphatic rings. The Morgan fingerprint density at radius 1 is 0.885 bits per heavy atom. The van der Waals surface area contributed by atoms with Crippen molar-refractivity contribution in [1.82, 2.24) is 5.32 Å². The van der Waals surface area contributed by atoms with Crippen molar-refractivity contribution in [2.75, 3.05) is 0 Å². The standard InChI is InChI=1S/C22H21NO3/c1-4-17-10-8-9-13-19(17)21(18-11-6-5-7-12-18)14-20(15(2)24)22(26)23-16(3)25/h4-14H,1-3H3,(H,23,25,26)/b17-4-,20-14+,21-19-. The second-order valence-corrected chi connectivity index (χ2v) is 5.78. The van der Waals surface area contributed by atoms with Crippen LogP contribution in [0.15, 0.2) is 66.2 Å². The van der Waals surface area contributed by atoms with E-state index in [4.69, 9.17) is 0 Å². The molecule has 0 bridgehead atoms. The molecule has 0 unspecified atom stereocenters. The highest BCUT2D eigenvalue weighted by molar-refractivity contribution is 6.22. The molecule has 0 aromatic heterocycles. The predicted octanol–water partition coefficient (Wildman–Crippen LogP) is 1.86. The van der Waals surface area contributed by atoms with Gasteiger partial charge < -0.3 is 0 Å². The van der Waals surface area contributed by atoms with Gasteiger partial charge >= 0.3 is 0 Å². The molecule has 2 rings (SSSR count). The van der Waals surface area contributed by atoms with E-state index in [1.165, 1.54) is 13.8 Å². The van der Waals surface area contributed by atoms with Crippen molar-refractivity contribution in [3.8, 4) is 0 Å². The zero-order chi connectivity index (χ0) is 19.1. The molecule has 1 N–H and O–H groups in total. The highest BCUT2D eigenvalue weighted by Crippen LogP contribution is 2.15. The van der Waals surface area contributed by atoms with Gasteiger partial charge in [-0.15, -0.1) is 0 Å². The minimum atomic E-state index is -0.698. The van der Waals surface area contributed by atoms with Gasteiger partial charge in [-0.2, -0.15) is 0 Å². The first-order valence-electron chi connectivity index (χ1n) is 8.29.